The maximum atomic E-state index is 13.7. The number of aromatic nitrogens is 1. The van der Waals surface area contributed by atoms with E-state index in [1.54, 1.807) is 0 Å². The Balaban J connectivity index is 2.31. The van der Waals surface area contributed by atoms with E-state index in [1.807, 2.05) is 18.9 Å². The van der Waals surface area contributed by atoms with Crippen molar-refractivity contribution in [2.75, 3.05) is 20.1 Å². The van der Waals surface area contributed by atoms with Crippen LogP contribution in [0.15, 0.2) is 23.1 Å². The van der Waals surface area contributed by atoms with Gasteiger partial charge in [-0.25, -0.2) is 13.2 Å². The number of aldehydes is 1. The molecule has 1 amide bonds. The number of halogens is 3. The zero-order valence-electron chi connectivity index (χ0n) is 15.8. The van der Waals surface area contributed by atoms with Gasteiger partial charge < -0.3 is 19.9 Å². The van der Waals surface area contributed by atoms with E-state index in [9.17, 15) is 32.7 Å². The molecular weight excluding hydrogens is 391 g/mol. The molecule has 0 unspecified atom stereocenters. The third kappa shape index (κ3) is 5.02. The van der Waals surface area contributed by atoms with Gasteiger partial charge in [-0.05, 0) is 13.6 Å². The van der Waals surface area contributed by atoms with Crippen LogP contribution >= 0.6 is 0 Å². The summed E-state index contributed by atoms with van der Waals surface area (Å²) in [6.07, 6.45) is 1.40. The van der Waals surface area contributed by atoms with Crippen LogP contribution in [-0.2, 0) is 13.1 Å². The number of aromatic hydroxyl groups is 1. The molecule has 0 bridgehead atoms. The Morgan fingerprint density at radius 3 is 2.45 bits per heavy atom. The topological polar surface area (TPSA) is 91.6 Å². The lowest BCUT2D eigenvalue weighted by Gasteiger charge is -2.18. The van der Waals surface area contributed by atoms with Gasteiger partial charge in [0.2, 0.25) is 5.43 Å². The van der Waals surface area contributed by atoms with Crippen molar-refractivity contribution < 1.29 is 27.9 Å². The average molecular weight is 411 g/mol. The Kier molecular flexibility index (Phi) is 7.16. The Morgan fingerprint density at radius 2 is 1.90 bits per heavy atom. The van der Waals surface area contributed by atoms with Crippen LogP contribution in [-0.4, -0.2) is 46.9 Å². The maximum absolute atomic E-state index is 13.7. The zero-order valence-corrected chi connectivity index (χ0v) is 15.8. The van der Waals surface area contributed by atoms with Crippen LogP contribution in [0.5, 0.6) is 5.75 Å². The highest BCUT2D eigenvalue weighted by Crippen LogP contribution is 2.15. The molecule has 10 heteroatoms. The number of rotatable bonds is 8. The van der Waals surface area contributed by atoms with Gasteiger partial charge in [-0.15, -0.1) is 0 Å². The molecule has 1 aromatic heterocycles. The second kappa shape index (κ2) is 9.37. The summed E-state index contributed by atoms with van der Waals surface area (Å²) < 4.78 is 41.6. The highest BCUT2D eigenvalue weighted by molar-refractivity contribution is 5.95. The van der Waals surface area contributed by atoms with Gasteiger partial charge in [-0.2, -0.15) is 0 Å². The minimum atomic E-state index is -1.19. The second-order valence-corrected chi connectivity index (χ2v) is 6.34. The van der Waals surface area contributed by atoms with Crippen LogP contribution < -0.4 is 10.7 Å². The number of hydrogen-bond acceptors (Lipinski definition) is 5. The largest absolute Gasteiger partial charge is 0.503 e. The predicted octanol–water partition coefficient (Wildman–Crippen LogP) is 1.67. The molecule has 0 aliphatic carbocycles. The third-order valence-electron chi connectivity index (χ3n) is 4.45. The highest BCUT2D eigenvalue weighted by atomic mass is 19.1. The van der Waals surface area contributed by atoms with Gasteiger partial charge in [0, 0.05) is 43.5 Å². The summed E-state index contributed by atoms with van der Waals surface area (Å²) in [5.41, 5.74) is -2.47. The first-order valence-electron chi connectivity index (χ1n) is 8.71. The minimum Gasteiger partial charge on any atom is -0.503 e. The zero-order chi connectivity index (χ0) is 21.7. The molecule has 156 valence electrons. The number of nitrogens with one attached hydrogen (secondary N) is 1. The molecule has 0 aliphatic heterocycles. The standard InChI is InChI=1S/C19H20F3N3O4/c1-3-24(2)4-5-25-9-13(17(27)18(28)16(25)10-26)19(29)23-8-12-14(21)6-11(20)7-15(12)22/h6-7,9-10,28H,3-5,8H2,1-2H3,(H,23,29). The number of nitrogens with zero attached hydrogens (tertiary/aromatic N) is 2. The lowest BCUT2D eigenvalue weighted by Crippen LogP contribution is -2.31. The SMILES string of the molecule is CCN(C)CCn1cc(C(=O)NCc2c(F)cc(F)cc2F)c(=O)c(O)c1C=O. The number of amides is 1. The molecule has 7 nitrogen and oxygen atoms in total. The molecule has 0 saturated heterocycles. The van der Waals surface area contributed by atoms with E-state index >= 15 is 0 Å². The summed E-state index contributed by atoms with van der Waals surface area (Å²) in [6.45, 7) is 2.65. The molecule has 1 heterocycles. The molecule has 0 atom stereocenters. The Morgan fingerprint density at radius 1 is 1.28 bits per heavy atom. The first-order chi connectivity index (χ1) is 13.7. The van der Waals surface area contributed by atoms with Crippen molar-refractivity contribution in [3.8, 4) is 5.75 Å². The van der Waals surface area contributed by atoms with Crippen LogP contribution in [0.2, 0.25) is 0 Å². The molecule has 0 saturated carbocycles. The van der Waals surface area contributed by atoms with E-state index in [1.165, 1.54) is 4.57 Å². The van der Waals surface area contributed by atoms with Gasteiger partial charge in [-0.1, -0.05) is 6.92 Å². The van der Waals surface area contributed by atoms with Crippen molar-refractivity contribution >= 4 is 12.2 Å². The summed E-state index contributed by atoms with van der Waals surface area (Å²) in [5, 5.41) is 12.2. The fraction of sp³-hybridized carbons (Fsp3) is 0.316. The van der Waals surface area contributed by atoms with Gasteiger partial charge >= 0.3 is 0 Å². The third-order valence-corrected chi connectivity index (χ3v) is 4.45. The quantitative estimate of drug-likeness (QED) is 0.645. The molecule has 1 aromatic carbocycles. The van der Waals surface area contributed by atoms with E-state index in [-0.39, 0.29) is 12.2 Å². The lowest BCUT2D eigenvalue weighted by atomic mass is 10.1. The monoisotopic (exact) mass is 411 g/mol. The van der Waals surface area contributed by atoms with E-state index in [0.29, 0.717) is 31.5 Å². The van der Waals surface area contributed by atoms with E-state index in [4.69, 9.17) is 0 Å². The van der Waals surface area contributed by atoms with Crippen LogP contribution in [0, 0.1) is 17.5 Å². The summed E-state index contributed by atoms with van der Waals surface area (Å²) >= 11 is 0. The Bertz CT molecular complexity index is 968. The van der Waals surface area contributed by atoms with E-state index < -0.39 is 52.2 Å². The second-order valence-electron chi connectivity index (χ2n) is 6.34. The smallest absolute Gasteiger partial charge is 0.257 e. The van der Waals surface area contributed by atoms with Crippen molar-refractivity contribution in [2.24, 2.45) is 0 Å². The minimum absolute atomic E-state index is 0.202. The van der Waals surface area contributed by atoms with E-state index in [2.05, 4.69) is 5.32 Å². The normalized spacial score (nSPS) is 11.0. The summed E-state index contributed by atoms with van der Waals surface area (Å²) in [5.74, 6) is -5.40. The van der Waals surface area contributed by atoms with Crippen molar-refractivity contribution in [3.05, 3.63) is 62.8 Å². The van der Waals surface area contributed by atoms with Crippen molar-refractivity contribution in [3.63, 3.8) is 0 Å². The number of hydrogen-bond donors (Lipinski definition) is 2. The van der Waals surface area contributed by atoms with Crippen LogP contribution in [0.25, 0.3) is 0 Å². The molecule has 0 fully saturated rings. The van der Waals surface area contributed by atoms with Crippen molar-refractivity contribution in [2.45, 2.75) is 20.0 Å². The van der Waals surface area contributed by atoms with Gasteiger partial charge in [0.1, 0.15) is 28.7 Å². The number of likely N-dealkylation sites (N-methyl/N-ethyl adjacent to an activating group) is 1. The summed E-state index contributed by atoms with van der Waals surface area (Å²) in [4.78, 5) is 37.8. The maximum Gasteiger partial charge on any atom is 0.257 e. The number of carbonyl (C=O) groups is 2. The Hall–Kier alpha value is -3.14. The molecule has 29 heavy (non-hydrogen) atoms. The van der Waals surface area contributed by atoms with Crippen LogP contribution in [0.1, 0.15) is 33.3 Å². The molecule has 2 N–H and O–H groups in total. The van der Waals surface area contributed by atoms with Crippen molar-refractivity contribution in [1.82, 2.24) is 14.8 Å². The summed E-state index contributed by atoms with van der Waals surface area (Å²) in [6, 6.07) is 0.930. The number of carbonyl (C=O) groups excluding carboxylic acids is 2. The summed E-state index contributed by atoms with van der Waals surface area (Å²) in [7, 11) is 1.82. The predicted molar refractivity (Wildman–Crippen MR) is 98.4 cm³/mol. The van der Waals surface area contributed by atoms with Crippen molar-refractivity contribution in [1.29, 1.82) is 0 Å². The molecule has 0 radical (unpaired) electrons. The molecule has 2 rings (SSSR count). The fourth-order valence-electron chi connectivity index (χ4n) is 2.58. The first-order valence-corrected chi connectivity index (χ1v) is 8.71. The number of pyridine rings is 1. The molecule has 0 spiro atoms. The van der Waals surface area contributed by atoms with Gasteiger partial charge in [0.05, 0.1) is 0 Å². The van der Waals surface area contributed by atoms with Gasteiger partial charge in [0.15, 0.2) is 12.0 Å². The Labute approximate surface area is 164 Å². The lowest BCUT2D eigenvalue weighted by molar-refractivity contribution is 0.0946. The molecule has 2 aromatic rings. The van der Waals surface area contributed by atoms with Gasteiger partial charge in [-0.3, -0.25) is 14.4 Å². The van der Waals surface area contributed by atoms with Gasteiger partial charge in [0.25, 0.3) is 5.91 Å². The molecular formula is C19H20F3N3O4. The fourth-order valence-corrected chi connectivity index (χ4v) is 2.58. The molecule has 0 aliphatic rings. The first kappa shape index (κ1) is 22.2. The van der Waals surface area contributed by atoms with Crippen LogP contribution in [0.4, 0.5) is 13.2 Å². The number of benzene rings is 1. The van der Waals surface area contributed by atoms with E-state index in [0.717, 1.165) is 6.20 Å². The van der Waals surface area contributed by atoms with Crippen LogP contribution in [0.3, 0.4) is 0 Å². The average Bonchev–Trinajstić information content (AvgIpc) is 2.67. The highest BCUT2D eigenvalue weighted by Gasteiger charge is 2.20.